The van der Waals surface area contributed by atoms with E-state index >= 15 is 0 Å². The molecule has 0 aliphatic rings. The van der Waals surface area contributed by atoms with Gasteiger partial charge in [0.25, 0.3) is 0 Å². The molecule has 2 aromatic heterocycles. The molecule has 0 radical (unpaired) electrons. The molecule has 2 heterocycles. The van der Waals surface area contributed by atoms with E-state index in [9.17, 15) is 23.7 Å². The van der Waals surface area contributed by atoms with Gasteiger partial charge in [0.2, 0.25) is 21.9 Å². The average molecular weight is 710 g/mol. The first-order valence-electron chi connectivity index (χ1n) is 11.8. The molecule has 0 spiro atoms. The predicted octanol–water partition coefficient (Wildman–Crippen LogP) is 4.17. The lowest BCUT2D eigenvalue weighted by Crippen LogP contribution is -2.38. The predicted molar refractivity (Wildman–Crippen MR) is 162 cm³/mol. The first-order chi connectivity index (χ1) is 19.6. The first kappa shape index (κ1) is 30.2. The van der Waals surface area contributed by atoms with Gasteiger partial charge in [-0.25, -0.2) is 17.7 Å². The van der Waals surface area contributed by atoms with Crippen molar-refractivity contribution in [3.05, 3.63) is 77.8 Å². The molecule has 2 atom stereocenters. The Morgan fingerprint density at radius 1 is 1.10 bits per heavy atom. The smallest absolute Gasteiger partial charge is 0.250 e. The van der Waals surface area contributed by atoms with Crippen molar-refractivity contribution in [3.8, 4) is 40.3 Å². The van der Waals surface area contributed by atoms with Gasteiger partial charge in [0.1, 0.15) is 34.3 Å². The van der Waals surface area contributed by atoms with Crippen molar-refractivity contribution < 1.29 is 33.2 Å². The van der Waals surface area contributed by atoms with Crippen LogP contribution in [0.1, 0.15) is 18.6 Å². The van der Waals surface area contributed by atoms with Gasteiger partial charge in [-0.15, -0.1) is 10.2 Å². The molecule has 0 saturated carbocycles. The Bertz CT molecular complexity index is 1650. The highest BCUT2D eigenvalue weighted by Crippen LogP contribution is 2.39. The number of rotatable bonds is 11. The van der Waals surface area contributed by atoms with Crippen LogP contribution in [0.5, 0.6) is 23.1 Å². The second-order valence-electron chi connectivity index (χ2n) is 8.33. The number of ether oxygens (including phenoxy) is 2. The van der Waals surface area contributed by atoms with Crippen molar-refractivity contribution in [2.45, 2.75) is 18.3 Å². The number of aromatic nitrogens is 4. The van der Waals surface area contributed by atoms with E-state index in [1.165, 1.54) is 65.9 Å². The molecule has 2 aromatic carbocycles. The first-order valence-corrected chi connectivity index (χ1v) is 16.7. The van der Waals surface area contributed by atoms with E-state index in [1.807, 2.05) is 21.2 Å². The highest BCUT2D eigenvalue weighted by molar-refractivity contribution is 14.2. The zero-order valence-electron chi connectivity index (χ0n) is 21.8. The SMILES string of the molecule is COc1cc#cc(-c2nnc(N(/C=C/SI)S(=O)(=O)[C@@H](C)[C@@H](O)c3ccccc3OC)n2-c2c(O)cccc2O)n1. The van der Waals surface area contributed by atoms with Gasteiger partial charge in [-0.3, -0.25) is 4.57 Å². The number of halogens is 1. The van der Waals surface area contributed by atoms with Crippen LogP contribution in [0.4, 0.5) is 5.95 Å². The fraction of sp³-hybridized carbons (Fsp3) is 0.192. The number of methoxy groups -OCH3 is 2. The number of aromatic hydroxyl groups is 2. The molecule has 0 bridgehead atoms. The van der Waals surface area contributed by atoms with Crippen LogP contribution < -0.4 is 13.8 Å². The Balaban J connectivity index is 1.95. The van der Waals surface area contributed by atoms with Gasteiger partial charge in [0, 0.05) is 33.0 Å². The number of phenolic OH excluding ortho intramolecular Hbond substituents is 2. The van der Waals surface area contributed by atoms with Crippen molar-refractivity contribution in [2.75, 3.05) is 18.5 Å². The summed E-state index contributed by atoms with van der Waals surface area (Å²) in [7, 11) is -0.457. The molecule has 0 aliphatic heterocycles. The molecule has 214 valence electrons. The number of para-hydroxylation sites is 2. The summed E-state index contributed by atoms with van der Waals surface area (Å²) in [5, 5.41) is 41.1. The van der Waals surface area contributed by atoms with Crippen molar-refractivity contribution >= 4 is 46.1 Å². The minimum atomic E-state index is -4.46. The molecule has 4 aromatic rings. The summed E-state index contributed by atoms with van der Waals surface area (Å²) in [5.74, 6) is -0.740. The van der Waals surface area contributed by atoms with Gasteiger partial charge in [-0.05, 0) is 36.6 Å². The zero-order valence-corrected chi connectivity index (χ0v) is 25.6. The van der Waals surface area contributed by atoms with E-state index in [1.54, 1.807) is 24.3 Å². The molecule has 15 heteroatoms. The summed E-state index contributed by atoms with van der Waals surface area (Å²) in [5.41, 5.74) is 0.0936. The fourth-order valence-corrected chi connectivity index (χ4v) is 5.97. The largest absolute Gasteiger partial charge is 0.506 e. The number of benzene rings is 2. The van der Waals surface area contributed by atoms with Crippen LogP contribution >= 0.6 is 30.1 Å². The molecule has 4 rings (SSSR count). The molecule has 12 nitrogen and oxygen atoms in total. The number of anilines is 1. The minimum Gasteiger partial charge on any atom is -0.506 e. The van der Waals surface area contributed by atoms with Gasteiger partial charge in [-0.1, -0.05) is 39.3 Å². The molecule has 3 N–H and O–H groups in total. The lowest BCUT2D eigenvalue weighted by atomic mass is 10.1. The number of phenols is 2. The third kappa shape index (κ3) is 6.00. The number of sulfonamides is 1. The molecule has 41 heavy (non-hydrogen) atoms. The third-order valence-corrected chi connectivity index (χ3v) is 9.12. The van der Waals surface area contributed by atoms with Crippen LogP contribution in [0.3, 0.4) is 0 Å². The van der Waals surface area contributed by atoms with Gasteiger partial charge in [-0.2, -0.15) is 0 Å². The van der Waals surface area contributed by atoms with E-state index in [0.29, 0.717) is 5.75 Å². The van der Waals surface area contributed by atoms with E-state index < -0.39 is 32.9 Å². The Hall–Kier alpha value is -3.72. The van der Waals surface area contributed by atoms with Crippen LogP contribution in [0, 0.1) is 12.1 Å². The number of aliphatic hydroxyl groups excluding tert-OH is 1. The van der Waals surface area contributed by atoms with Crippen LogP contribution in [0.15, 0.2) is 60.1 Å². The Labute approximate surface area is 252 Å². The van der Waals surface area contributed by atoms with E-state index in [4.69, 9.17) is 9.47 Å². The number of aliphatic hydroxyl groups is 1. The van der Waals surface area contributed by atoms with Gasteiger partial charge < -0.3 is 24.8 Å². The average Bonchev–Trinajstić information content (AvgIpc) is 3.40. The number of hydrogen-bond donors (Lipinski definition) is 3. The van der Waals surface area contributed by atoms with Crippen LogP contribution in [-0.2, 0) is 10.0 Å². The minimum absolute atomic E-state index is 0.0393. The summed E-state index contributed by atoms with van der Waals surface area (Å²) < 4.78 is 40.7. The quantitative estimate of drug-likeness (QED) is 0.192. The molecule has 0 amide bonds. The molecule has 0 aliphatic carbocycles. The van der Waals surface area contributed by atoms with Gasteiger partial charge in [0.15, 0.2) is 11.5 Å². The highest BCUT2D eigenvalue weighted by atomic mass is 127. The Kier molecular flexibility index (Phi) is 9.48. The molecule has 0 saturated heterocycles. The summed E-state index contributed by atoms with van der Waals surface area (Å²) in [6.07, 6.45) is -0.273. The van der Waals surface area contributed by atoms with Crippen molar-refractivity contribution in [2.24, 2.45) is 0 Å². The van der Waals surface area contributed by atoms with Gasteiger partial charge in [0.05, 0.1) is 20.3 Å². The molecular formula is C26H24IN5O7S2. The number of hydrogen-bond acceptors (Lipinski definition) is 11. The normalized spacial score (nSPS) is 13.0. The standard InChI is InChI=1S/C26H24IN5O7S2/c1-16(24(35)17-8-4-5-12-21(17)38-2)41(36,37)31(14-15-40-27)26-30-29-25(18-9-6-13-22(28-18)39-3)32(26)23-19(33)10-7-11-20(23)34/h4-5,7-8,10-16,24,33-35H,1-3H3/b15-14+/t16-,24+/m0/s1. The second-order valence-corrected chi connectivity index (χ2v) is 12.5. The maximum absolute atomic E-state index is 14.2. The Morgan fingerprint density at radius 2 is 1.80 bits per heavy atom. The third-order valence-electron chi connectivity index (χ3n) is 5.98. The number of nitrogens with zero attached hydrogens (tertiary/aromatic N) is 5. The topological polar surface area (TPSA) is 160 Å². The maximum atomic E-state index is 14.2. The lowest BCUT2D eigenvalue weighted by molar-refractivity contribution is 0.171. The summed E-state index contributed by atoms with van der Waals surface area (Å²) in [4.78, 5) is 4.29. The van der Waals surface area contributed by atoms with Crippen molar-refractivity contribution in [1.29, 1.82) is 0 Å². The van der Waals surface area contributed by atoms with Crippen molar-refractivity contribution in [3.63, 3.8) is 0 Å². The van der Waals surface area contributed by atoms with Crippen LogP contribution in [-0.4, -0.2) is 63.0 Å². The molecule has 0 fully saturated rings. The van der Waals surface area contributed by atoms with Crippen LogP contribution in [0.2, 0.25) is 0 Å². The van der Waals surface area contributed by atoms with E-state index in [-0.39, 0.29) is 34.6 Å². The zero-order chi connectivity index (χ0) is 29.7. The lowest BCUT2D eigenvalue weighted by Gasteiger charge is -2.27. The van der Waals surface area contributed by atoms with Crippen molar-refractivity contribution in [1.82, 2.24) is 19.7 Å². The Morgan fingerprint density at radius 3 is 2.46 bits per heavy atom. The summed E-state index contributed by atoms with van der Waals surface area (Å²) in [6, 6.07) is 17.5. The monoisotopic (exact) mass is 709 g/mol. The summed E-state index contributed by atoms with van der Waals surface area (Å²) in [6.45, 7) is 1.34. The summed E-state index contributed by atoms with van der Waals surface area (Å²) >= 11 is 1.96. The highest BCUT2D eigenvalue weighted by Gasteiger charge is 2.38. The molecular weight excluding hydrogens is 685 g/mol. The fourth-order valence-electron chi connectivity index (χ4n) is 3.92. The maximum Gasteiger partial charge on any atom is 0.250 e. The molecule has 0 unspecified atom stereocenters. The second kappa shape index (κ2) is 12.9. The van der Waals surface area contributed by atoms with E-state index in [2.05, 4.69) is 27.3 Å². The van der Waals surface area contributed by atoms with Gasteiger partial charge >= 0.3 is 0 Å². The van der Waals surface area contributed by atoms with Crippen LogP contribution in [0.25, 0.3) is 17.2 Å². The van der Waals surface area contributed by atoms with E-state index in [0.717, 1.165) is 8.87 Å².